The Morgan fingerprint density at radius 3 is 2.63 bits per heavy atom. The van der Waals surface area contributed by atoms with Crippen LogP contribution in [0.5, 0.6) is 5.75 Å². The Hall–Kier alpha value is -2.58. The second-order valence-electron chi connectivity index (χ2n) is 5.66. The number of rotatable bonds is 10. The van der Waals surface area contributed by atoms with E-state index >= 15 is 0 Å². The number of ether oxygens (including phenoxy) is 2. The van der Waals surface area contributed by atoms with Crippen molar-refractivity contribution in [3.05, 3.63) is 54.1 Å². The molecule has 2 aromatic carbocycles. The van der Waals surface area contributed by atoms with E-state index in [0.717, 1.165) is 0 Å². The van der Waals surface area contributed by atoms with Gasteiger partial charge in [-0.15, -0.1) is 0 Å². The molecule has 0 aliphatic rings. The summed E-state index contributed by atoms with van der Waals surface area (Å²) >= 11 is 0. The van der Waals surface area contributed by atoms with Crippen LogP contribution in [0.3, 0.4) is 0 Å². The summed E-state index contributed by atoms with van der Waals surface area (Å²) in [6.45, 7) is 3.22. The Bertz CT molecular complexity index is 868. The third kappa shape index (κ3) is 5.97. The number of nitrogens with one attached hydrogen (secondary N) is 2. The van der Waals surface area contributed by atoms with Gasteiger partial charge in [-0.05, 0) is 43.7 Å². The quantitative estimate of drug-likeness (QED) is 0.606. The molecule has 7 nitrogen and oxygen atoms in total. The second-order valence-corrected chi connectivity index (χ2v) is 7.35. The number of benzene rings is 2. The molecule has 2 N–H and O–H groups in total. The number of amides is 1. The van der Waals surface area contributed by atoms with Crippen molar-refractivity contribution in [3.8, 4) is 5.75 Å². The average molecular weight is 392 g/mol. The van der Waals surface area contributed by atoms with Crippen molar-refractivity contribution in [1.82, 2.24) is 5.32 Å². The predicted octanol–water partition coefficient (Wildman–Crippen LogP) is 2.65. The van der Waals surface area contributed by atoms with Gasteiger partial charge in [-0.25, -0.2) is 8.42 Å². The average Bonchev–Trinajstić information content (AvgIpc) is 2.67. The third-order valence-electron chi connectivity index (χ3n) is 3.65. The lowest BCUT2D eigenvalue weighted by Gasteiger charge is -2.13. The van der Waals surface area contributed by atoms with Gasteiger partial charge in [0.05, 0.1) is 17.2 Å². The third-order valence-corrected chi connectivity index (χ3v) is 5.01. The maximum absolute atomic E-state index is 12.7. The number of hydrogen-bond donors (Lipinski definition) is 2. The number of methoxy groups -OCH3 is 1. The van der Waals surface area contributed by atoms with Crippen molar-refractivity contribution >= 4 is 21.6 Å². The van der Waals surface area contributed by atoms with Crippen molar-refractivity contribution in [3.63, 3.8) is 0 Å². The second kappa shape index (κ2) is 9.94. The van der Waals surface area contributed by atoms with Crippen LogP contribution in [0.25, 0.3) is 0 Å². The number of hydrogen-bond acceptors (Lipinski definition) is 5. The van der Waals surface area contributed by atoms with Gasteiger partial charge < -0.3 is 14.8 Å². The van der Waals surface area contributed by atoms with Crippen molar-refractivity contribution in [1.29, 1.82) is 0 Å². The van der Waals surface area contributed by atoms with Crippen molar-refractivity contribution in [2.75, 3.05) is 31.6 Å². The molecule has 27 heavy (non-hydrogen) atoms. The molecule has 0 radical (unpaired) electrons. The van der Waals surface area contributed by atoms with Crippen LogP contribution in [0, 0.1) is 0 Å². The maximum Gasteiger partial charge on any atom is 0.262 e. The highest BCUT2D eigenvalue weighted by molar-refractivity contribution is 7.92. The number of para-hydroxylation sites is 2. The normalized spacial score (nSPS) is 11.0. The minimum absolute atomic E-state index is 0.00153. The first-order valence-corrected chi connectivity index (χ1v) is 10.1. The molecule has 0 saturated heterocycles. The van der Waals surface area contributed by atoms with Gasteiger partial charge in [-0.2, -0.15) is 0 Å². The minimum Gasteiger partial charge on any atom is -0.492 e. The summed E-state index contributed by atoms with van der Waals surface area (Å²) < 4.78 is 38.3. The highest BCUT2D eigenvalue weighted by atomic mass is 32.2. The topological polar surface area (TPSA) is 93.7 Å². The standard InChI is InChI=1S/C19H24N2O5S/c1-3-26-18-11-5-4-10-17(18)21-27(23,24)16-9-6-8-15(14-16)19(22)20-12-7-13-25-2/h4-6,8-11,14,21H,3,7,12-13H2,1-2H3,(H,20,22). The van der Waals surface area contributed by atoms with Crippen LogP contribution in [0.2, 0.25) is 0 Å². The van der Waals surface area contributed by atoms with E-state index in [1.165, 1.54) is 18.2 Å². The summed E-state index contributed by atoms with van der Waals surface area (Å²) in [5.41, 5.74) is 0.613. The van der Waals surface area contributed by atoms with Crippen molar-refractivity contribution in [2.45, 2.75) is 18.2 Å². The molecule has 8 heteroatoms. The lowest BCUT2D eigenvalue weighted by atomic mass is 10.2. The van der Waals surface area contributed by atoms with Gasteiger partial charge in [0, 0.05) is 25.8 Å². The fourth-order valence-electron chi connectivity index (χ4n) is 2.36. The van der Waals surface area contributed by atoms with Gasteiger partial charge in [0.1, 0.15) is 5.75 Å². The molecule has 0 fully saturated rings. The molecule has 0 heterocycles. The smallest absolute Gasteiger partial charge is 0.262 e. The van der Waals surface area contributed by atoms with Crippen LogP contribution in [0.4, 0.5) is 5.69 Å². The number of anilines is 1. The van der Waals surface area contributed by atoms with Crippen LogP contribution in [-0.2, 0) is 14.8 Å². The Kier molecular flexibility index (Phi) is 7.63. The molecule has 1 amide bonds. The molecule has 0 aliphatic carbocycles. The molecular weight excluding hydrogens is 368 g/mol. The van der Waals surface area contributed by atoms with E-state index in [1.807, 2.05) is 6.92 Å². The number of carbonyl (C=O) groups is 1. The van der Waals surface area contributed by atoms with Crippen LogP contribution >= 0.6 is 0 Å². The van der Waals surface area contributed by atoms with E-state index < -0.39 is 10.0 Å². The Labute approximate surface area is 159 Å². The summed E-state index contributed by atoms with van der Waals surface area (Å²) in [7, 11) is -2.28. The van der Waals surface area contributed by atoms with Gasteiger partial charge in [0.25, 0.3) is 15.9 Å². The van der Waals surface area contributed by atoms with Crippen molar-refractivity contribution in [2.24, 2.45) is 0 Å². The molecule has 0 atom stereocenters. The van der Waals surface area contributed by atoms with E-state index in [9.17, 15) is 13.2 Å². The largest absolute Gasteiger partial charge is 0.492 e. The summed E-state index contributed by atoms with van der Waals surface area (Å²) in [5.74, 6) is 0.105. The molecule has 0 bridgehead atoms. The van der Waals surface area contributed by atoms with Crippen LogP contribution in [0.15, 0.2) is 53.4 Å². The number of sulfonamides is 1. The minimum atomic E-state index is -3.87. The van der Waals surface area contributed by atoms with Crippen LogP contribution < -0.4 is 14.8 Å². The first kappa shape index (κ1) is 20.7. The highest BCUT2D eigenvalue weighted by Crippen LogP contribution is 2.26. The van der Waals surface area contributed by atoms with E-state index in [4.69, 9.17) is 9.47 Å². The zero-order valence-corrected chi connectivity index (χ0v) is 16.2. The van der Waals surface area contributed by atoms with E-state index in [-0.39, 0.29) is 16.4 Å². The van der Waals surface area contributed by atoms with Gasteiger partial charge in [0.15, 0.2) is 0 Å². The highest BCUT2D eigenvalue weighted by Gasteiger charge is 2.18. The van der Waals surface area contributed by atoms with E-state index in [0.29, 0.717) is 37.6 Å². The monoisotopic (exact) mass is 392 g/mol. The van der Waals surface area contributed by atoms with Gasteiger partial charge in [-0.3, -0.25) is 9.52 Å². The maximum atomic E-state index is 12.7. The first-order valence-electron chi connectivity index (χ1n) is 8.59. The molecule has 0 saturated carbocycles. The lowest BCUT2D eigenvalue weighted by Crippen LogP contribution is -2.25. The molecule has 0 spiro atoms. The molecule has 2 aromatic rings. The zero-order chi connectivity index (χ0) is 19.7. The van der Waals surface area contributed by atoms with Gasteiger partial charge in [0.2, 0.25) is 0 Å². The number of carbonyl (C=O) groups excluding carboxylic acids is 1. The summed E-state index contributed by atoms with van der Waals surface area (Å²) in [5, 5.41) is 2.73. The zero-order valence-electron chi connectivity index (χ0n) is 15.4. The molecule has 2 rings (SSSR count). The summed E-state index contributed by atoms with van der Waals surface area (Å²) in [6.07, 6.45) is 0.677. The fraction of sp³-hybridized carbons (Fsp3) is 0.316. The van der Waals surface area contributed by atoms with Crippen molar-refractivity contribution < 1.29 is 22.7 Å². The molecule has 0 unspecified atom stereocenters. The predicted molar refractivity (Wildman–Crippen MR) is 104 cm³/mol. The lowest BCUT2D eigenvalue weighted by molar-refractivity contribution is 0.0948. The molecule has 0 aromatic heterocycles. The Morgan fingerprint density at radius 2 is 1.89 bits per heavy atom. The van der Waals surface area contributed by atoms with Crippen LogP contribution in [0.1, 0.15) is 23.7 Å². The molecular formula is C19H24N2O5S. The first-order chi connectivity index (χ1) is 13.0. The Balaban J connectivity index is 2.16. The fourth-order valence-corrected chi connectivity index (χ4v) is 3.48. The molecule has 146 valence electrons. The SMILES string of the molecule is CCOc1ccccc1NS(=O)(=O)c1cccc(C(=O)NCCCOC)c1. The van der Waals surface area contributed by atoms with E-state index in [1.54, 1.807) is 37.4 Å². The summed E-state index contributed by atoms with van der Waals surface area (Å²) in [4.78, 5) is 12.2. The van der Waals surface area contributed by atoms with Gasteiger partial charge in [-0.1, -0.05) is 18.2 Å². The van der Waals surface area contributed by atoms with Gasteiger partial charge >= 0.3 is 0 Å². The summed E-state index contributed by atoms with van der Waals surface area (Å²) in [6, 6.07) is 12.7. The Morgan fingerprint density at radius 1 is 1.11 bits per heavy atom. The van der Waals surface area contributed by atoms with Crippen LogP contribution in [-0.4, -0.2) is 41.2 Å². The molecule has 0 aliphatic heterocycles. The van der Waals surface area contributed by atoms with E-state index in [2.05, 4.69) is 10.0 Å².